The summed E-state index contributed by atoms with van der Waals surface area (Å²) in [6, 6.07) is 0. The number of hydrazone groups is 1. The number of thioether (sulfide) groups is 1. The Balaban J connectivity index is 1.84. The summed E-state index contributed by atoms with van der Waals surface area (Å²) in [6.07, 6.45) is 1.42. The van der Waals surface area contributed by atoms with Gasteiger partial charge in [0, 0.05) is 23.1 Å². The largest absolute Gasteiger partial charge is 0.507 e. The van der Waals surface area contributed by atoms with Crippen molar-refractivity contribution < 1.29 is 19.7 Å². The van der Waals surface area contributed by atoms with Crippen molar-refractivity contribution >= 4 is 39.8 Å². The van der Waals surface area contributed by atoms with Gasteiger partial charge in [0.1, 0.15) is 28.4 Å². The maximum atomic E-state index is 12.7. The maximum absolute atomic E-state index is 12.7. The number of phenols is 2. The molecule has 0 fully saturated rings. The van der Waals surface area contributed by atoms with Gasteiger partial charge in [-0.15, -0.1) is 0 Å². The Kier molecular flexibility index (Phi) is 3.66. The van der Waals surface area contributed by atoms with Crippen LogP contribution in [0.25, 0.3) is 0 Å². The summed E-state index contributed by atoms with van der Waals surface area (Å²) in [5.74, 6) is 0.621. The van der Waals surface area contributed by atoms with Crippen LogP contribution in [0.2, 0.25) is 0 Å². The van der Waals surface area contributed by atoms with Gasteiger partial charge in [-0.25, -0.2) is 0 Å². The number of aromatic nitrogens is 2. The van der Waals surface area contributed by atoms with Crippen LogP contribution < -0.4 is 10.2 Å². The number of fused-ring (bicyclic) bond motifs is 5. The normalized spacial score (nSPS) is 22.2. The quantitative estimate of drug-likeness (QED) is 0.512. The fourth-order valence-electron chi connectivity index (χ4n) is 4.13. The highest BCUT2D eigenvalue weighted by Gasteiger charge is 2.53. The molecule has 0 radical (unpaired) electrons. The molecule has 2 aromatic rings. The van der Waals surface area contributed by atoms with E-state index in [2.05, 4.69) is 20.7 Å². The zero-order chi connectivity index (χ0) is 20.7. The summed E-state index contributed by atoms with van der Waals surface area (Å²) in [7, 11) is 0. The van der Waals surface area contributed by atoms with Crippen LogP contribution in [0.15, 0.2) is 16.9 Å². The van der Waals surface area contributed by atoms with E-state index in [9.17, 15) is 15.0 Å². The van der Waals surface area contributed by atoms with E-state index in [1.165, 1.54) is 17.8 Å². The van der Waals surface area contributed by atoms with E-state index in [1.54, 1.807) is 13.8 Å². The number of carbonyl (C=O) groups is 1. The highest BCUT2D eigenvalue weighted by molar-refractivity contribution is 8.23. The van der Waals surface area contributed by atoms with Gasteiger partial charge in [0.2, 0.25) is 0 Å². The number of nitrogens with zero attached hydrogens (tertiary/aromatic N) is 2. The van der Waals surface area contributed by atoms with Crippen molar-refractivity contribution in [3.05, 3.63) is 45.5 Å². The first-order valence-electron chi connectivity index (χ1n) is 8.83. The number of H-pyrrole nitrogens is 1. The Labute approximate surface area is 175 Å². The lowest BCUT2D eigenvalue weighted by molar-refractivity contribution is 0.103. The van der Waals surface area contributed by atoms with E-state index in [-0.39, 0.29) is 23.0 Å². The van der Waals surface area contributed by atoms with E-state index >= 15 is 0 Å². The number of aromatic hydroxyl groups is 2. The minimum absolute atomic E-state index is 0.0966. The number of hydrogen-bond donors (Lipinski definition) is 4. The van der Waals surface area contributed by atoms with Gasteiger partial charge in [-0.1, -0.05) is 24.0 Å². The molecule has 0 unspecified atom stereocenters. The number of aromatic amines is 1. The smallest absolute Gasteiger partial charge is 0.193 e. The second-order valence-corrected chi connectivity index (χ2v) is 8.97. The van der Waals surface area contributed by atoms with Crippen molar-refractivity contribution in [1.82, 2.24) is 15.6 Å². The number of benzene rings is 1. The van der Waals surface area contributed by atoms with Crippen LogP contribution in [0, 0.1) is 13.8 Å². The monoisotopic (exact) mass is 428 g/mol. The van der Waals surface area contributed by atoms with Crippen LogP contribution >= 0.6 is 24.0 Å². The number of ether oxygens (including phenoxy) is 1. The van der Waals surface area contributed by atoms with Crippen molar-refractivity contribution in [2.24, 2.45) is 5.10 Å². The predicted octanol–water partition coefficient (Wildman–Crippen LogP) is 2.54. The van der Waals surface area contributed by atoms with Crippen LogP contribution in [0.1, 0.15) is 45.4 Å². The van der Waals surface area contributed by atoms with E-state index in [1.807, 2.05) is 6.92 Å². The third kappa shape index (κ3) is 2.21. The second kappa shape index (κ2) is 5.83. The molecule has 1 aromatic heterocycles. The average molecular weight is 428 g/mol. The Hall–Kier alpha value is -2.85. The SMILES string of the molecule is Cc1[nH]nc2c1C(=O)C=C1Oc3c(C4=NNC(=S)SC4)c(O)c(C)c(O)c3[C@@]12C. The van der Waals surface area contributed by atoms with Crippen LogP contribution in [-0.2, 0) is 5.41 Å². The van der Waals surface area contributed by atoms with Crippen molar-refractivity contribution in [1.29, 1.82) is 0 Å². The Morgan fingerprint density at radius 3 is 2.72 bits per heavy atom. The first kappa shape index (κ1) is 18.2. The number of thiocarbonyl (C=S) groups is 1. The average Bonchev–Trinajstić information content (AvgIpc) is 3.21. The summed E-state index contributed by atoms with van der Waals surface area (Å²) in [4.78, 5) is 12.7. The molecule has 1 aliphatic carbocycles. The molecule has 0 saturated carbocycles. The van der Waals surface area contributed by atoms with Gasteiger partial charge in [-0.05, 0) is 20.8 Å². The van der Waals surface area contributed by atoms with Crippen molar-refractivity contribution in [3.63, 3.8) is 0 Å². The topological polar surface area (TPSA) is 120 Å². The zero-order valence-electron chi connectivity index (χ0n) is 15.7. The number of hydrogen-bond acceptors (Lipinski definition) is 8. The van der Waals surface area contributed by atoms with E-state index in [0.29, 0.717) is 55.2 Å². The molecule has 10 heteroatoms. The molecule has 4 N–H and O–H groups in total. The molecular formula is C19H16N4O4S2. The van der Waals surface area contributed by atoms with E-state index < -0.39 is 5.41 Å². The van der Waals surface area contributed by atoms with Gasteiger partial charge in [0.15, 0.2) is 10.1 Å². The number of rotatable bonds is 1. The molecule has 2 aliphatic heterocycles. The first-order valence-corrected chi connectivity index (χ1v) is 10.2. The number of carbonyl (C=O) groups excluding carboxylic acids is 1. The van der Waals surface area contributed by atoms with Gasteiger partial charge in [-0.3, -0.25) is 15.3 Å². The number of aryl methyl sites for hydroxylation is 1. The van der Waals surface area contributed by atoms with Crippen LogP contribution in [-0.4, -0.2) is 42.0 Å². The zero-order valence-corrected chi connectivity index (χ0v) is 17.3. The molecule has 1 aromatic carbocycles. The minimum Gasteiger partial charge on any atom is -0.507 e. The Bertz CT molecular complexity index is 1210. The van der Waals surface area contributed by atoms with E-state index in [0.717, 1.165) is 0 Å². The summed E-state index contributed by atoms with van der Waals surface area (Å²) < 4.78 is 6.63. The van der Waals surface area contributed by atoms with Crippen molar-refractivity contribution in [3.8, 4) is 17.2 Å². The lowest BCUT2D eigenvalue weighted by Gasteiger charge is -2.27. The molecule has 148 valence electrons. The third-order valence-electron chi connectivity index (χ3n) is 5.68. The molecule has 0 amide bonds. The fourth-order valence-corrected chi connectivity index (χ4v) is 4.94. The molecule has 5 rings (SSSR count). The molecule has 3 heterocycles. The van der Waals surface area contributed by atoms with Gasteiger partial charge in [0.25, 0.3) is 0 Å². The molecule has 3 aliphatic rings. The number of ketones is 1. The first-order chi connectivity index (χ1) is 13.7. The molecule has 0 saturated heterocycles. The number of nitrogens with one attached hydrogen (secondary N) is 2. The number of allylic oxidation sites excluding steroid dienone is 2. The molecule has 29 heavy (non-hydrogen) atoms. The van der Waals surface area contributed by atoms with Crippen LogP contribution in [0.4, 0.5) is 0 Å². The van der Waals surface area contributed by atoms with Crippen LogP contribution in [0.3, 0.4) is 0 Å². The summed E-state index contributed by atoms with van der Waals surface area (Å²) in [5, 5.41) is 33.3. The van der Waals surface area contributed by atoms with Crippen molar-refractivity contribution in [2.45, 2.75) is 26.2 Å². The van der Waals surface area contributed by atoms with Gasteiger partial charge < -0.3 is 14.9 Å². The lowest BCUT2D eigenvalue weighted by atomic mass is 9.72. The molecule has 0 spiro atoms. The molecule has 8 nitrogen and oxygen atoms in total. The summed E-state index contributed by atoms with van der Waals surface area (Å²) >= 11 is 6.48. The molecule has 0 bridgehead atoms. The van der Waals surface area contributed by atoms with Gasteiger partial charge in [-0.2, -0.15) is 10.2 Å². The third-order valence-corrected chi connectivity index (χ3v) is 6.90. The summed E-state index contributed by atoms with van der Waals surface area (Å²) in [6.45, 7) is 5.25. The van der Waals surface area contributed by atoms with E-state index in [4.69, 9.17) is 17.0 Å². The Morgan fingerprint density at radius 2 is 2.03 bits per heavy atom. The highest BCUT2D eigenvalue weighted by Crippen LogP contribution is 2.59. The van der Waals surface area contributed by atoms with Gasteiger partial charge in [0.05, 0.1) is 28.1 Å². The van der Waals surface area contributed by atoms with Gasteiger partial charge >= 0.3 is 0 Å². The minimum atomic E-state index is -0.980. The van der Waals surface area contributed by atoms with Crippen molar-refractivity contribution in [2.75, 3.05) is 5.75 Å². The second-order valence-electron chi connectivity index (χ2n) is 7.32. The van der Waals surface area contributed by atoms with Crippen LogP contribution in [0.5, 0.6) is 17.2 Å². The predicted molar refractivity (Wildman–Crippen MR) is 112 cm³/mol. The lowest BCUT2D eigenvalue weighted by Crippen LogP contribution is -2.30. The Morgan fingerprint density at radius 1 is 1.28 bits per heavy atom. The fraction of sp³-hybridized carbons (Fsp3) is 0.263. The summed E-state index contributed by atoms with van der Waals surface area (Å²) in [5.41, 5.74) is 5.04. The standard InChI is InChI=1S/C19H16N4O4S2/c1-6-14(25)12(8-5-29-18(28)23-21-8)16-13(15(6)26)19(3)10(27-16)4-9(24)11-7(2)20-22-17(11)19/h4,25-26H,5H2,1-3H3,(H,20,22)(H,23,28)/t19-/m1/s1. The molecule has 1 atom stereocenters. The molecular weight excluding hydrogens is 412 g/mol. The maximum Gasteiger partial charge on any atom is 0.193 e. The number of phenolic OH excluding ortho intramolecular Hbond substituents is 2. The highest BCUT2D eigenvalue weighted by atomic mass is 32.2.